The van der Waals surface area contributed by atoms with Gasteiger partial charge in [0.15, 0.2) is 0 Å². The summed E-state index contributed by atoms with van der Waals surface area (Å²) < 4.78 is 8.03. The van der Waals surface area contributed by atoms with Gasteiger partial charge >= 0.3 is 6.09 Å². The molecule has 0 bridgehead atoms. The normalized spacial score (nSPS) is 12.5. The van der Waals surface area contributed by atoms with E-state index >= 15 is 0 Å². The van der Waals surface area contributed by atoms with Gasteiger partial charge in [0.25, 0.3) is 0 Å². The highest BCUT2D eigenvalue weighted by Crippen LogP contribution is 2.47. The van der Waals surface area contributed by atoms with Crippen molar-refractivity contribution in [2.24, 2.45) is 0 Å². The van der Waals surface area contributed by atoms with Crippen LogP contribution in [0.25, 0.3) is 22.3 Å². The highest BCUT2D eigenvalue weighted by molar-refractivity contribution is 5.93. The second kappa shape index (κ2) is 12.7. The lowest BCUT2D eigenvalue weighted by Gasteiger charge is -2.31. The highest BCUT2D eigenvalue weighted by atomic mass is 16.6. The van der Waals surface area contributed by atoms with Gasteiger partial charge in [0.05, 0.1) is 0 Å². The van der Waals surface area contributed by atoms with E-state index in [1.54, 1.807) is 4.57 Å². The van der Waals surface area contributed by atoms with Gasteiger partial charge in [-0.1, -0.05) is 97.1 Å². The summed E-state index contributed by atoms with van der Waals surface area (Å²) in [4.78, 5) is 19.2. The molecule has 53 heavy (non-hydrogen) atoms. The number of carbonyl (C=O) groups excluding carboxylic acids is 1. The molecule has 6 aromatic carbocycles. The molecule has 5 heteroatoms. The minimum absolute atomic E-state index is 0.445. The van der Waals surface area contributed by atoms with Crippen molar-refractivity contribution in [2.75, 3.05) is 9.80 Å². The summed E-state index contributed by atoms with van der Waals surface area (Å²) in [6, 6.07) is 53.3. The lowest BCUT2D eigenvalue weighted by atomic mass is 10.0. The van der Waals surface area contributed by atoms with Gasteiger partial charge in [-0.3, -0.25) is 9.80 Å². The van der Waals surface area contributed by atoms with Gasteiger partial charge in [-0.15, -0.1) is 0 Å². The first kappa shape index (κ1) is 32.6. The maximum absolute atomic E-state index is 14.8. The summed E-state index contributed by atoms with van der Waals surface area (Å²) in [5.74, 6) is 1.42. The van der Waals surface area contributed by atoms with Crippen LogP contribution in [-0.2, 0) is 17.6 Å². The van der Waals surface area contributed by atoms with Crippen LogP contribution in [0.1, 0.15) is 48.6 Å². The molecule has 2 aliphatic rings. The van der Waals surface area contributed by atoms with Crippen molar-refractivity contribution in [1.29, 1.82) is 0 Å². The minimum Gasteiger partial charge on any atom is -0.443 e. The molecule has 0 aliphatic heterocycles. The van der Waals surface area contributed by atoms with Gasteiger partial charge in [0.2, 0.25) is 0 Å². The van der Waals surface area contributed by atoms with Crippen molar-refractivity contribution >= 4 is 40.5 Å². The summed E-state index contributed by atoms with van der Waals surface area (Å²) >= 11 is 0. The van der Waals surface area contributed by atoms with E-state index in [1.165, 1.54) is 44.5 Å². The van der Waals surface area contributed by atoms with E-state index in [-0.39, 0.29) is 0 Å². The summed E-state index contributed by atoms with van der Waals surface area (Å²) in [7, 11) is 0. The van der Waals surface area contributed by atoms with Crippen LogP contribution < -0.4 is 9.80 Å². The van der Waals surface area contributed by atoms with E-state index in [0.29, 0.717) is 5.82 Å². The van der Waals surface area contributed by atoms with Gasteiger partial charge in [0.1, 0.15) is 17.2 Å². The third-order valence-corrected chi connectivity index (χ3v) is 10.3. The Morgan fingerprint density at radius 2 is 0.981 bits per heavy atom. The predicted molar refractivity (Wildman–Crippen MR) is 217 cm³/mol. The zero-order valence-corrected chi connectivity index (χ0v) is 30.5. The van der Waals surface area contributed by atoms with Crippen LogP contribution in [0.5, 0.6) is 0 Å². The lowest BCUT2D eigenvalue weighted by molar-refractivity contribution is 0.0543. The number of para-hydroxylation sites is 2. The number of benzene rings is 6. The van der Waals surface area contributed by atoms with E-state index in [2.05, 4.69) is 132 Å². The second-order valence-corrected chi connectivity index (χ2v) is 15.0. The molecule has 260 valence electrons. The van der Waals surface area contributed by atoms with Crippen LogP contribution in [0.15, 0.2) is 152 Å². The van der Waals surface area contributed by atoms with E-state index < -0.39 is 11.7 Å². The first-order valence-electron chi connectivity index (χ1n) is 18.3. The third-order valence-electron chi connectivity index (χ3n) is 10.3. The Balaban J connectivity index is 1.26. The minimum atomic E-state index is -0.725. The maximum atomic E-state index is 14.8. The number of anilines is 6. The molecule has 1 heterocycles. The first-order valence-corrected chi connectivity index (χ1v) is 18.3. The van der Waals surface area contributed by atoms with Crippen molar-refractivity contribution in [3.05, 3.63) is 179 Å². The monoisotopic (exact) mass is 691 g/mol. The molecule has 7 aromatic rings. The summed E-state index contributed by atoms with van der Waals surface area (Å²) in [5.41, 5.74) is 14.3. The highest BCUT2D eigenvalue weighted by Gasteiger charge is 2.33. The molecule has 0 fully saturated rings. The lowest BCUT2D eigenvalue weighted by Crippen LogP contribution is -2.30. The smallest absolute Gasteiger partial charge is 0.421 e. The fourth-order valence-corrected chi connectivity index (χ4v) is 8.04. The van der Waals surface area contributed by atoms with Gasteiger partial charge in [0, 0.05) is 22.7 Å². The molecule has 0 atom stereocenters. The van der Waals surface area contributed by atoms with Crippen molar-refractivity contribution < 1.29 is 9.53 Å². The van der Waals surface area contributed by atoms with E-state index in [9.17, 15) is 4.79 Å². The van der Waals surface area contributed by atoms with Gasteiger partial charge in [-0.25, -0.2) is 9.36 Å². The topological polar surface area (TPSA) is 37.7 Å². The van der Waals surface area contributed by atoms with Crippen LogP contribution in [0, 0.1) is 6.92 Å². The van der Waals surface area contributed by atoms with Crippen molar-refractivity contribution in [2.45, 2.75) is 46.1 Å². The molecule has 1 aromatic heterocycles. The number of ether oxygens (including phenoxy) is 1. The first-order chi connectivity index (χ1) is 25.7. The van der Waals surface area contributed by atoms with E-state index in [1.807, 2.05) is 57.2 Å². The van der Waals surface area contributed by atoms with Gasteiger partial charge in [-0.2, -0.15) is 0 Å². The maximum Gasteiger partial charge on any atom is 0.421 e. The van der Waals surface area contributed by atoms with Gasteiger partial charge < -0.3 is 4.74 Å². The molecular formula is C48H41N3O2. The zero-order chi connectivity index (χ0) is 36.3. The quantitative estimate of drug-likeness (QED) is 0.174. The van der Waals surface area contributed by atoms with Crippen LogP contribution >= 0.6 is 0 Å². The van der Waals surface area contributed by atoms with Crippen LogP contribution in [0.3, 0.4) is 0 Å². The van der Waals surface area contributed by atoms with Crippen molar-refractivity contribution in [3.8, 4) is 22.3 Å². The molecule has 0 saturated carbocycles. The molecule has 2 aliphatic carbocycles. The number of nitrogens with zero attached hydrogens (tertiary/aromatic N) is 3. The van der Waals surface area contributed by atoms with Crippen LogP contribution in [-0.4, -0.2) is 16.3 Å². The van der Waals surface area contributed by atoms with Crippen LogP contribution in [0.2, 0.25) is 0 Å². The molecular weight excluding hydrogens is 651 g/mol. The standard InChI is InChI=1S/C48H41N3O2/c1-32-27-45(49(37-17-7-5-8-18-37)39-23-25-43-35(30-39)28-33-15-11-13-21-41(33)43)51(47(52)53-48(2,3)4)46(32)50(38-19-9-6-10-20-38)40-24-26-44-36(31-40)29-34-16-12-14-22-42(34)44/h5-27,30-31H,28-29H2,1-4H3. The molecule has 0 unspecified atom stereocenters. The Labute approximate surface area is 311 Å². The molecule has 0 N–H and O–H groups in total. The Morgan fingerprint density at radius 1 is 0.528 bits per heavy atom. The van der Waals surface area contributed by atoms with Crippen molar-refractivity contribution in [1.82, 2.24) is 4.57 Å². The third kappa shape index (κ3) is 5.79. The van der Waals surface area contributed by atoms with Gasteiger partial charge in [-0.05, 0) is 145 Å². The largest absolute Gasteiger partial charge is 0.443 e. The number of carbonyl (C=O) groups is 1. The van der Waals surface area contributed by atoms with Crippen LogP contribution in [0.4, 0.5) is 39.2 Å². The number of hydrogen-bond donors (Lipinski definition) is 0. The zero-order valence-electron chi connectivity index (χ0n) is 30.5. The van der Waals surface area contributed by atoms with E-state index in [0.717, 1.165) is 47.0 Å². The Bertz CT molecular complexity index is 2510. The number of fused-ring (bicyclic) bond motifs is 6. The average molecular weight is 692 g/mol. The molecule has 0 radical (unpaired) electrons. The number of rotatable bonds is 6. The number of hydrogen-bond acceptors (Lipinski definition) is 4. The molecule has 0 amide bonds. The molecule has 0 spiro atoms. The SMILES string of the molecule is Cc1cc(N(c2ccccc2)c2ccc3c(c2)Cc2ccccc2-3)n(C(=O)OC(C)(C)C)c1N(c1ccccc1)c1ccc2c(c1)Cc1ccccc1-2. The summed E-state index contributed by atoms with van der Waals surface area (Å²) in [6.45, 7) is 7.84. The molecule has 5 nitrogen and oxygen atoms in total. The second-order valence-electron chi connectivity index (χ2n) is 15.0. The van der Waals surface area contributed by atoms with E-state index in [4.69, 9.17) is 4.74 Å². The Kier molecular flexibility index (Phi) is 7.81. The van der Waals surface area contributed by atoms with Crippen molar-refractivity contribution in [3.63, 3.8) is 0 Å². The number of aromatic nitrogens is 1. The molecule has 9 rings (SSSR count). The molecule has 0 saturated heterocycles. The predicted octanol–water partition coefficient (Wildman–Crippen LogP) is 12.7. The summed E-state index contributed by atoms with van der Waals surface area (Å²) in [6.07, 6.45) is 1.28. The average Bonchev–Trinajstić information content (AvgIpc) is 3.82. The Morgan fingerprint density at radius 3 is 1.51 bits per heavy atom. The number of aryl methyl sites for hydroxylation is 1. The fourth-order valence-electron chi connectivity index (χ4n) is 8.04. The summed E-state index contributed by atoms with van der Waals surface area (Å²) in [5, 5.41) is 0. The fraction of sp³-hybridized carbons (Fsp3) is 0.146. The Hall–Kier alpha value is -6.33.